The number of hydrogen-bond donors (Lipinski definition) is 0. The molecule has 0 fully saturated rings. The minimum atomic E-state index is 0.691. The summed E-state index contributed by atoms with van der Waals surface area (Å²) in [5, 5.41) is 0. The van der Waals surface area contributed by atoms with Gasteiger partial charge in [0.15, 0.2) is 0 Å². The fourth-order valence-corrected chi connectivity index (χ4v) is 0.520. The maximum atomic E-state index is 4.66. The lowest BCUT2D eigenvalue weighted by molar-refractivity contribution is 0.103. The van der Waals surface area contributed by atoms with Crippen LogP contribution in [0.25, 0.3) is 0 Å². The average Bonchev–Trinajstić information content (AvgIpc) is 2.04. The SMILES string of the molecule is COCCOC.COCSC. The van der Waals surface area contributed by atoms with Crippen molar-refractivity contribution < 1.29 is 14.2 Å². The van der Waals surface area contributed by atoms with Crippen LogP contribution < -0.4 is 0 Å². The average molecular weight is 182 g/mol. The number of methoxy groups -OCH3 is 3. The highest BCUT2D eigenvalue weighted by Gasteiger charge is 1.73. The zero-order valence-electron chi connectivity index (χ0n) is 7.75. The van der Waals surface area contributed by atoms with E-state index in [2.05, 4.69) is 14.2 Å². The molecule has 0 amide bonds. The standard InChI is InChI=1S/C4H10O2.C3H8OS/c1-5-3-4-6-2;1-4-3-5-2/h3-4H2,1-2H3;3H2,1-2H3. The van der Waals surface area contributed by atoms with Crippen molar-refractivity contribution in [3.63, 3.8) is 0 Å². The molecule has 0 aliphatic carbocycles. The highest BCUT2D eigenvalue weighted by Crippen LogP contribution is 1.86. The summed E-state index contributed by atoms with van der Waals surface area (Å²) >= 11 is 1.68. The molecule has 4 heteroatoms. The topological polar surface area (TPSA) is 27.7 Å². The van der Waals surface area contributed by atoms with E-state index in [0.717, 1.165) is 5.94 Å². The normalized spacial score (nSPS) is 8.73. The Morgan fingerprint density at radius 2 is 1.36 bits per heavy atom. The van der Waals surface area contributed by atoms with Crippen LogP contribution in [0.5, 0.6) is 0 Å². The molecular weight excluding hydrogens is 164 g/mol. The van der Waals surface area contributed by atoms with E-state index in [0.29, 0.717) is 13.2 Å². The second-order valence-electron chi connectivity index (χ2n) is 1.68. The van der Waals surface area contributed by atoms with E-state index in [1.807, 2.05) is 6.26 Å². The van der Waals surface area contributed by atoms with E-state index >= 15 is 0 Å². The van der Waals surface area contributed by atoms with Crippen molar-refractivity contribution in [3.05, 3.63) is 0 Å². The van der Waals surface area contributed by atoms with Gasteiger partial charge in [0.05, 0.1) is 19.2 Å². The van der Waals surface area contributed by atoms with E-state index in [1.165, 1.54) is 0 Å². The van der Waals surface area contributed by atoms with Crippen LogP contribution in [0.2, 0.25) is 0 Å². The first-order valence-corrected chi connectivity index (χ1v) is 4.68. The van der Waals surface area contributed by atoms with E-state index < -0.39 is 0 Å². The zero-order valence-corrected chi connectivity index (χ0v) is 8.57. The van der Waals surface area contributed by atoms with Gasteiger partial charge in [-0.05, 0) is 6.26 Å². The molecule has 0 saturated carbocycles. The van der Waals surface area contributed by atoms with Gasteiger partial charge in [-0.3, -0.25) is 0 Å². The van der Waals surface area contributed by atoms with Crippen molar-refractivity contribution in [2.45, 2.75) is 0 Å². The van der Waals surface area contributed by atoms with Crippen LogP contribution in [-0.4, -0.2) is 46.7 Å². The predicted molar refractivity (Wildman–Crippen MR) is 49.1 cm³/mol. The Labute approximate surface area is 73.4 Å². The summed E-state index contributed by atoms with van der Waals surface area (Å²) in [7, 11) is 4.99. The first-order chi connectivity index (χ1) is 5.33. The van der Waals surface area contributed by atoms with E-state index in [4.69, 9.17) is 0 Å². The highest BCUT2D eigenvalue weighted by atomic mass is 32.2. The second-order valence-corrected chi connectivity index (χ2v) is 2.49. The first kappa shape index (κ1) is 13.8. The molecule has 0 bridgehead atoms. The Bertz CT molecular complexity index is 47.0. The Morgan fingerprint density at radius 1 is 0.909 bits per heavy atom. The second kappa shape index (κ2) is 16.7. The molecule has 0 aliphatic rings. The molecule has 0 N–H and O–H groups in total. The predicted octanol–water partition coefficient (Wildman–Crippen LogP) is 1.23. The molecule has 11 heavy (non-hydrogen) atoms. The van der Waals surface area contributed by atoms with Gasteiger partial charge in [0, 0.05) is 21.3 Å². The summed E-state index contributed by atoms with van der Waals surface area (Å²) in [4.78, 5) is 0. The van der Waals surface area contributed by atoms with Crippen LogP contribution in [0.3, 0.4) is 0 Å². The molecule has 70 valence electrons. The molecule has 0 aromatic carbocycles. The lowest BCUT2D eigenvalue weighted by atomic mass is 10.8. The van der Waals surface area contributed by atoms with Crippen molar-refractivity contribution in [2.75, 3.05) is 46.7 Å². The lowest BCUT2D eigenvalue weighted by Gasteiger charge is -1.91. The monoisotopic (exact) mass is 182 g/mol. The molecule has 0 saturated heterocycles. The minimum absolute atomic E-state index is 0.691. The Kier molecular flexibility index (Phi) is 20.9. The summed E-state index contributed by atoms with van der Waals surface area (Å²) in [5.74, 6) is 0.806. The molecule has 0 radical (unpaired) electrons. The van der Waals surface area contributed by atoms with Crippen LogP contribution in [-0.2, 0) is 14.2 Å². The lowest BCUT2D eigenvalue weighted by Crippen LogP contribution is -1.96. The van der Waals surface area contributed by atoms with Gasteiger partial charge >= 0.3 is 0 Å². The number of hydrogen-bond acceptors (Lipinski definition) is 4. The smallest absolute Gasteiger partial charge is 0.0914 e. The van der Waals surface area contributed by atoms with Crippen LogP contribution in [0.4, 0.5) is 0 Å². The maximum absolute atomic E-state index is 4.66. The fraction of sp³-hybridized carbons (Fsp3) is 1.00. The first-order valence-electron chi connectivity index (χ1n) is 3.29. The molecule has 0 atom stereocenters. The van der Waals surface area contributed by atoms with Gasteiger partial charge in [0.25, 0.3) is 0 Å². The molecule has 0 spiro atoms. The van der Waals surface area contributed by atoms with Crippen molar-refractivity contribution in [1.82, 2.24) is 0 Å². The summed E-state index contributed by atoms with van der Waals surface area (Å²) in [6, 6.07) is 0. The summed E-state index contributed by atoms with van der Waals surface area (Å²) in [6.45, 7) is 1.38. The third-order valence-corrected chi connectivity index (χ3v) is 1.20. The number of rotatable bonds is 5. The molecular formula is C7H18O3S. The maximum Gasteiger partial charge on any atom is 0.0914 e. The molecule has 3 nitrogen and oxygen atoms in total. The Morgan fingerprint density at radius 3 is 1.45 bits per heavy atom. The van der Waals surface area contributed by atoms with Gasteiger partial charge in [-0.2, -0.15) is 0 Å². The van der Waals surface area contributed by atoms with Gasteiger partial charge in [-0.25, -0.2) is 0 Å². The minimum Gasteiger partial charge on any atom is -0.382 e. The van der Waals surface area contributed by atoms with Gasteiger partial charge in [0.1, 0.15) is 0 Å². The van der Waals surface area contributed by atoms with E-state index in [1.54, 1.807) is 33.1 Å². The van der Waals surface area contributed by atoms with E-state index in [9.17, 15) is 0 Å². The molecule has 0 rings (SSSR count). The van der Waals surface area contributed by atoms with Gasteiger partial charge in [-0.15, -0.1) is 11.8 Å². The van der Waals surface area contributed by atoms with Gasteiger partial charge in [-0.1, -0.05) is 0 Å². The molecule has 0 aliphatic heterocycles. The Balaban J connectivity index is 0. The molecule has 0 heterocycles. The Hall–Kier alpha value is 0.230. The third-order valence-electron chi connectivity index (χ3n) is 0.727. The van der Waals surface area contributed by atoms with Crippen molar-refractivity contribution in [1.29, 1.82) is 0 Å². The van der Waals surface area contributed by atoms with Crippen molar-refractivity contribution in [3.8, 4) is 0 Å². The van der Waals surface area contributed by atoms with Crippen LogP contribution in [0.1, 0.15) is 0 Å². The quantitative estimate of drug-likeness (QED) is 0.472. The fourth-order valence-electron chi connectivity index (χ4n) is 0.285. The largest absolute Gasteiger partial charge is 0.382 e. The van der Waals surface area contributed by atoms with Crippen LogP contribution in [0, 0.1) is 0 Å². The van der Waals surface area contributed by atoms with Gasteiger partial charge < -0.3 is 14.2 Å². The molecule has 0 unspecified atom stereocenters. The van der Waals surface area contributed by atoms with Crippen molar-refractivity contribution in [2.24, 2.45) is 0 Å². The summed E-state index contributed by atoms with van der Waals surface area (Å²) in [6.07, 6.45) is 2.00. The number of ether oxygens (including phenoxy) is 3. The van der Waals surface area contributed by atoms with Crippen LogP contribution >= 0.6 is 11.8 Å². The highest BCUT2D eigenvalue weighted by molar-refractivity contribution is 7.98. The van der Waals surface area contributed by atoms with Crippen molar-refractivity contribution >= 4 is 11.8 Å². The zero-order chi connectivity index (χ0) is 8.95. The van der Waals surface area contributed by atoms with Crippen LogP contribution in [0.15, 0.2) is 0 Å². The third kappa shape index (κ3) is 25.3. The molecule has 0 aromatic heterocycles. The molecule has 0 aromatic rings. The summed E-state index contributed by atoms with van der Waals surface area (Å²) in [5.41, 5.74) is 0. The number of thioether (sulfide) groups is 1. The van der Waals surface area contributed by atoms with E-state index in [-0.39, 0.29) is 0 Å². The van der Waals surface area contributed by atoms with Gasteiger partial charge in [0.2, 0.25) is 0 Å². The summed E-state index contributed by atoms with van der Waals surface area (Å²) < 4.78 is 14.0.